The molecule has 0 spiro atoms. The summed E-state index contributed by atoms with van der Waals surface area (Å²) in [4.78, 5) is 13.7. The highest BCUT2D eigenvalue weighted by atomic mass is 16.3. The Morgan fingerprint density at radius 2 is 2.38 bits per heavy atom. The standard InChI is InChI=1S/C12H24N2O2/c1-3-10(2)13-7-12(16)14-6-4-5-11(8-14)9-15/h10-11,13,15H,3-9H2,1-2H3. The van der Waals surface area contributed by atoms with Gasteiger partial charge in [-0.1, -0.05) is 6.92 Å². The van der Waals surface area contributed by atoms with Crippen LogP contribution in [0.1, 0.15) is 33.1 Å². The number of hydrogen-bond acceptors (Lipinski definition) is 3. The molecule has 4 heteroatoms. The van der Waals surface area contributed by atoms with Gasteiger partial charge in [0.1, 0.15) is 0 Å². The Balaban J connectivity index is 2.30. The Morgan fingerprint density at radius 3 is 3.00 bits per heavy atom. The second kappa shape index (κ2) is 6.86. The highest BCUT2D eigenvalue weighted by molar-refractivity contribution is 5.78. The van der Waals surface area contributed by atoms with Gasteiger partial charge in [-0.2, -0.15) is 0 Å². The first-order valence-electron chi connectivity index (χ1n) is 6.29. The van der Waals surface area contributed by atoms with Gasteiger partial charge in [-0.25, -0.2) is 0 Å². The highest BCUT2D eigenvalue weighted by Crippen LogP contribution is 2.15. The summed E-state index contributed by atoms with van der Waals surface area (Å²) >= 11 is 0. The maximum Gasteiger partial charge on any atom is 0.236 e. The number of aliphatic hydroxyl groups excluding tert-OH is 1. The first-order chi connectivity index (χ1) is 7.67. The van der Waals surface area contributed by atoms with Crippen LogP contribution in [0.3, 0.4) is 0 Å². The smallest absolute Gasteiger partial charge is 0.236 e. The molecule has 1 heterocycles. The minimum atomic E-state index is 0.165. The van der Waals surface area contributed by atoms with Gasteiger partial charge in [0.15, 0.2) is 0 Å². The summed E-state index contributed by atoms with van der Waals surface area (Å²) in [5, 5.41) is 12.3. The van der Waals surface area contributed by atoms with Crippen molar-refractivity contribution in [3.05, 3.63) is 0 Å². The molecule has 1 aliphatic rings. The normalized spacial score (nSPS) is 23.2. The van der Waals surface area contributed by atoms with Crippen molar-refractivity contribution in [2.75, 3.05) is 26.2 Å². The molecule has 0 bridgehead atoms. The van der Waals surface area contributed by atoms with Crippen LogP contribution in [0.4, 0.5) is 0 Å². The van der Waals surface area contributed by atoms with Crippen molar-refractivity contribution in [2.24, 2.45) is 5.92 Å². The maximum atomic E-state index is 11.9. The molecule has 0 radical (unpaired) electrons. The number of hydrogen-bond donors (Lipinski definition) is 2. The van der Waals surface area contributed by atoms with Crippen LogP contribution < -0.4 is 5.32 Å². The molecule has 0 aromatic heterocycles. The van der Waals surface area contributed by atoms with E-state index in [0.717, 1.165) is 32.4 Å². The number of rotatable bonds is 5. The van der Waals surface area contributed by atoms with E-state index in [-0.39, 0.29) is 18.4 Å². The molecule has 1 fully saturated rings. The minimum Gasteiger partial charge on any atom is -0.396 e. The third kappa shape index (κ3) is 4.10. The number of likely N-dealkylation sites (tertiary alicyclic amines) is 1. The Labute approximate surface area is 98.0 Å². The number of carbonyl (C=O) groups excluding carboxylic acids is 1. The van der Waals surface area contributed by atoms with E-state index in [1.165, 1.54) is 0 Å². The van der Waals surface area contributed by atoms with Gasteiger partial charge in [-0.3, -0.25) is 4.79 Å². The first kappa shape index (κ1) is 13.5. The third-order valence-corrected chi connectivity index (χ3v) is 3.34. The Morgan fingerprint density at radius 1 is 1.62 bits per heavy atom. The van der Waals surface area contributed by atoms with E-state index < -0.39 is 0 Å². The molecule has 94 valence electrons. The van der Waals surface area contributed by atoms with E-state index in [1.807, 2.05) is 4.90 Å². The Bertz CT molecular complexity index is 221. The van der Waals surface area contributed by atoms with Crippen LogP contribution >= 0.6 is 0 Å². The van der Waals surface area contributed by atoms with Gasteiger partial charge in [0, 0.05) is 25.7 Å². The first-order valence-corrected chi connectivity index (χ1v) is 6.29. The van der Waals surface area contributed by atoms with Crippen molar-refractivity contribution < 1.29 is 9.90 Å². The average molecular weight is 228 g/mol. The summed E-state index contributed by atoms with van der Waals surface area (Å²) in [5.74, 6) is 0.444. The fourth-order valence-corrected chi connectivity index (χ4v) is 1.96. The molecule has 1 rings (SSSR count). The third-order valence-electron chi connectivity index (χ3n) is 3.34. The maximum absolute atomic E-state index is 11.9. The van der Waals surface area contributed by atoms with Gasteiger partial charge in [-0.15, -0.1) is 0 Å². The van der Waals surface area contributed by atoms with Crippen LogP contribution in [-0.2, 0) is 4.79 Å². The van der Waals surface area contributed by atoms with E-state index in [4.69, 9.17) is 5.11 Å². The average Bonchev–Trinajstić information content (AvgIpc) is 2.35. The van der Waals surface area contributed by atoms with Gasteiger partial charge < -0.3 is 15.3 Å². The molecule has 0 saturated carbocycles. The minimum absolute atomic E-state index is 0.165. The fourth-order valence-electron chi connectivity index (χ4n) is 1.96. The number of carbonyl (C=O) groups is 1. The highest BCUT2D eigenvalue weighted by Gasteiger charge is 2.22. The molecule has 0 aromatic carbocycles. The predicted molar refractivity (Wildman–Crippen MR) is 64.1 cm³/mol. The molecule has 1 aliphatic heterocycles. The van der Waals surface area contributed by atoms with Crippen LogP contribution in [0, 0.1) is 5.92 Å². The van der Waals surface area contributed by atoms with Crippen molar-refractivity contribution >= 4 is 5.91 Å². The Hall–Kier alpha value is -0.610. The van der Waals surface area contributed by atoms with Crippen molar-refractivity contribution in [1.82, 2.24) is 10.2 Å². The second-order valence-electron chi connectivity index (χ2n) is 4.72. The van der Waals surface area contributed by atoms with Crippen LogP contribution in [0.25, 0.3) is 0 Å². The van der Waals surface area contributed by atoms with Crippen molar-refractivity contribution in [2.45, 2.75) is 39.2 Å². The molecule has 2 unspecified atom stereocenters. The summed E-state index contributed by atoms with van der Waals surface area (Å²) in [6, 6.07) is 0.391. The van der Waals surface area contributed by atoms with Crippen LogP contribution in [0.2, 0.25) is 0 Å². The molecule has 2 N–H and O–H groups in total. The fraction of sp³-hybridized carbons (Fsp3) is 0.917. The zero-order valence-corrected chi connectivity index (χ0v) is 10.4. The lowest BCUT2D eigenvalue weighted by Gasteiger charge is -2.32. The second-order valence-corrected chi connectivity index (χ2v) is 4.72. The topological polar surface area (TPSA) is 52.6 Å². The molecule has 0 aromatic rings. The lowest BCUT2D eigenvalue weighted by molar-refractivity contribution is -0.132. The molecular formula is C12H24N2O2. The number of nitrogens with one attached hydrogen (secondary N) is 1. The number of piperidine rings is 1. The lowest BCUT2D eigenvalue weighted by atomic mass is 9.99. The van der Waals surface area contributed by atoms with Crippen LogP contribution in [0.15, 0.2) is 0 Å². The zero-order chi connectivity index (χ0) is 12.0. The summed E-state index contributed by atoms with van der Waals surface area (Å²) in [6.45, 7) is 6.37. The summed E-state index contributed by atoms with van der Waals surface area (Å²) in [6.07, 6.45) is 3.09. The molecule has 1 amide bonds. The van der Waals surface area contributed by atoms with E-state index in [1.54, 1.807) is 0 Å². The number of aliphatic hydroxyl groups is 1. The monoisotopic (exact) mass is 228 g/mol. The van der Waals surface area contributed by atoms with Gasteiger partial charge >= 0.3 is 0 Å². The van der Waals surface area contributed by atoms with Crippen molar-refractivity contribution in [3.63, 3.8) is 0 Å². The van der Waals surface area contributed by atoms with Gasteiger partial charge in [0.2, 0.25) is 5.91 Å². The van der Waals surface area contributed by atoms with Crippen LogP contribution in [-0.4, -0.2) is 48.2 Å². The van der Waals surface area contributed by atoms with E-state index in [0.29, 0.717) is 12.6 Å². The Kier molecular flexibility index (Phi) is 5.77. The largest absolute Gasteiger partial charge is 0.396 e. The van der Waals surface area contributed by atoms with E-state index >= 15 is 0 Å². The molecule has 0 aliphatic carbocycles. The molecule has 16 heavy (non-hydrogen) atoms. The molecule has 1 saturated heterocycles. The van der Waals surface area contributed by atoms with Crippen molar-refractivity contribution in [3.8, 4) is 0 Å². The quantitative estimate of drug-likeness (QED) is 0.725. The lowest BCUT2D eigenvalue weighted by Crippen LogP contribution is -2.46. The summed E-state index contributed by atoms with van der Waals surface area (Å²) in [5.41, 5.74) is 0. The SMILES string of the molecule is CCC(C)NCC(=O)N1CCCC(CO)C1. The van der Waals surface area contributed by atoms with Gasteiger partial charge in [0.05, 0.1) is 6.54 Å². The van der Waals surface area contributed by atoms with Crippen LogP contribution in [0.5, 0.6) is 0 Å². The number of nitrogens with zero attached hydrogens (tertiary/aromatic N) is 1. The summed E-state index contributed by atoms with van der Waals surface area (Å²) < 4.78 is 0. The van der Waals surface area contributed by atoms with Gasteiger partial charge in [-0.05, 0) is 32.1 Å². The van der Waals surface area contributed by atoms with E-state index in [9.17, 15) is 4.79 Å². The zero-order valence-electron chi connectivity index (χ0n) is 10.4. The van der Waals surface area contributed by atoms with E-state index in [2.05, 4.69) is 19.2 Å². The molecule has 4 nitrogen and oxygen atoms in total. The molecular weight excluding hydrogens is 204 g/mol. The predicted octanol–water partition coefficient (Wildman–Crippen LogP) is 0.605. The van der Waals surface area contributed by atoms with Gasteiger partial charge in [0.25, 0.3) is 0 Å². The summed E-state index contributed by atoms with van der Waals surface area (Å²) in [7, 11) is 0. The molecule has 2 atom stereocenters. The van der Waals surface area contributed by atoms with Crippen molar-refractivity contribution in [1.29, 1.82) is 0 Å². The number of amides is 1.